The van der Waals surface area contributed by atoms with Crippen molar-refractivity contribution >= 4 is 17.4 Å². The molecule has 1 rings (SSSR count). The van der Waals surface area contributed by atoms with Crippen LogP contribution in [0.3, 0.4) is 0 Å². The molecule has 0 bridgehead atoms. The Morgan fingerprint density at radius 3 is 2.82 bits per heavy atom. The number of nitrogens with zero attached hydrogens (tertiary/aromatic N) is 1. The largest absolute Gasteiger partial charge is 0.384 e. The van der Waals surface area contributed by atoms with Gasteiger partial charge in [-0.15, -0.1) is 0 Å². The highest BCUT2D eigenvalue weighted by Gasteiger charge is 2.05. The Bertz CT molecular complexity index is 300. The van der Waals surface area contributed by atoms with Crippen LogP contribution >= 0.6 is 11.6 Å². The molecule has 1 aromatic heterocycles. The van der Waals surface area contributed by atoms with Crippen LogP contribution in [0.25, 0.3) is 0 Å². The number of rotatable bonds is 1. The molecule has 11 heavy (non-hydrogen) atoms. The molecule has 58 valence electrons. The monoisotopic (exact) mass is 173 g/mol. The summed E-state index contributed by atoms with van der Waals surface area (Å²) < 4.78 is 12.6. The fourth-order valence-corrected chi connectivity index (χ4v) is 0.769. The quantitative estimate of drug-likeness (QED) is 0.380. The van der Waals surface area contributed by atoms with Crippen LogP contribution in [-0.4, -0.2) is 10.8 Å². The van der Waals surface area contributed by atoms with Crippen LogP contribution in [0.1, 0.15) is 5.56 Å². The van der Waals surface area contributed by atoms with Crippen molar-refractivity contribution in [2.45, 2.75) is 0 Å². The van der Waals surface area contributed by atoms with Crippen LogP contribution in [0.15, 0.2) is 12.3 Å². The number of hydrogen-bond acceptors (Lipinski definition) is 2. The number of amidine groups is 1. The minimum Gasteiger partial charge on any atom is -0.384 e. The molecule has 0 fully saturated rings. The summed E-state index contributed by atoms with van der Waals surface area (Å²) in [6.45, 7) is 0. The first-order valence-electron chi connectivity index (χ1n) is 2.76. The van der Waals surface area contributed by atoms with E-state index in [2.05, 4.69) is 4.98 Å². The van der Waals surface area contributed by atoms with Gasteiger partial charge in [0, 0.05) is 6.20 Å². The molecule has 0 aliphatic rings. The van der Waals surface area contributed by atoms with E-state index in [0.29, 0.717) is 0 Å². The first-order chi connectivity index (χ1) is 5.11. The molecule has 0 saturated heterocycles. The first-order valence-corrected chi connectivity index (χ1v) is 3.14. The summed E-state index contributed by atoms with van der Waals surface area (Å²) >= 11 is 5.48. The van der Waals surface area contributed by atoms with Gasteiger partial charge in [0.15, 0.2) is 0 Å². The summed E-state index contributed by atoms with van der Waals surface area (Å²) in [4.78, 5) is 3.28. The lowest BCUT2D eigenvalue weighted by atomic mass is 10.2. The number of pyridine rings is 1. The van der Waals surface area contributed by atoms with Gasteiger partial charge in [0.05, 0.1) is 10.6 Å². The maximum atomic E-state index is 12.6. The Hall–Kier alpha value is -1.16. The highest BCUT2D eigenvalue weighted by molar-refractivity contribution is 6.30. The molecule has 0 aliphatic heterocycles. The average molecular weight is 174 g/mol. The Labute approximate surface area is 67.5 Å². The zero-order valence-electron chi connectivity index (χ0n) is 5.44. The third-order valence-corrected chi connectivity index (χ3v) is 1.30. The Morgan fingerprint density at radius 2 is 2.36 bits per heavy atom. The van der Waals surface area contributed by atoms with Gasteiger partial charge in [-0.05, 0) is 6.07 Å². The standard InChI is InChI=1S/C6H5ClFN3/c7-3-1-4(6(9)10)5(8)11-2-3/h1-2H,(H3,9,10). The van der Waals surface area contributed by atoms with E-state index in [1.165, 1.54) is 6.07 Å². The number of nitrogens with one attached hydrogen (secondary N) is 1. The minimum atomic E-state index is -0.776. The predicted octanol–water partition coefficient (Wildman–Crippen LogP) is 1.16. The lowest BCUT2D eigenvalue weighted by molar-refractivity contribution is 0.581. The molecule has 5 heteroatoms. The van der Waals surface area contributed by atoms with E-state index in [9.17, 15) is 4.39 Å². The Morgan fingerprint density at radius 1 is 1.73 bits per heavy atom. The van der Waals surface area contributed by atoms with Crippen molar-refractivity contribution in [3.8, 4) is 0 Å². The van der Waals surface area contributed by atoms with Crippen molar-refractivity contribution in [2.75, 3.05) is 0 Å². The predicted molar refractivity (Wildman–Crippen MR) is 40.2 cm³/mol. The topological polar surface area (TPSA) is 62.8 Å². The van der Waals surface area contributed by atoms with Gasteiger partial charge in [0.2, 0.25) is 5.95 Å². The van der Waals surface area contributed by atoms with E-state index in [4.69, 9.17) is 22.7 Å². The first kappa shape index (κ1) is 7.94. The number of nitrogen functional groups attached to an aromatic ring is 1. The van der Waals surface area contributed by atoms with E-state index >= 15 is 0 Å². The van der Waals surface area contributed by atoms with Crippen LogP contribution in [-0.2, 0) is 0 Å². The van der Waals surface area contributed by atoms with Crippen molar-refractivity contribution in [1.82, 2.24) is 4.98 Å². The van der Waals surface area contributed by atoms with Gasteiger partial charge < -0.3 is 5.73 Å². The van der Waals surface area contributed by atoms with E-state index in [0.717, 1.165) is 6.20 Å². The Balaban J connectivity index is 3.23. The van der Waals surface area contributed by atoms with Crippen molar-refractivity contribution < 1.29 is 4.39 Å². The molecule has 1 aromatic rings. The normalized spacial score (nSPS) is 9.64. The molecule has 0 radical (unpaired) electrons. The highest BCUT2D eigenvalue weighted by Crippen LogP contribution is 2.10. The summed E-state index contributed by atoms with van der Waals surface area (Å²) in [5.74, 6) is -1.15. The minimum absolute atomic E-state index is 0.0718. The van der Waals surface area contributed by atoms with Crippen molar-refractivity contribution in [3.05, 3.63) is 28.8 Å². The fraction of sp³-hybridized carbons (Fsp3) is 0. The second-order valence-electron chi connectivity index (χ2n) is 1.91. The average Bonchev–Trinajstić information content (AvgIpc) is 1.94. The van der Waals surface area contributed by atoms with Gasteiger partial charge in [-0.3, -0.25) is 5.41 Å². The molecule has 0 spiro atoms. The summed E-state index contributed by atoms with van der Waals surface area (Å²) in [7, 11) is 0. The molecular weight excluding hydrogens is 169 g/mol. The van der Waals surface area contributed by atoms with Crippen LogP contribution in [0.4, 0.5) is 4.39 Å². The van der Waals surface area contributed by atoms with Gasteiger partial charge in [-0.1, -0.05) is 11.6 Å². The van der Waals surface area contributed by atoms with Gasteiger partial charge in [-0.2, -0.15) is 4.39 Å². The highest BCUT2D eigenvalue weighted by atomic mass is 35.5. The van der Waals surface area contributed by atoms with E-state index in [1.54, 1.807) is 0 Å². The molecule has 0 saturated carbocycles. The van der Waals surface area contributed by atoms with Crippen LogP contribution < -0.4 is 5.73 Å². The van der Waals surface area contributed by atoms with Crippen molar-refractivity contribution in [2.24, 2.45) is 5.73 Å². The molecule has 3 N–H and O–H groups in total. The third kappa shape index (κ3) is 1.65. The number of hydrogen-bond donors (Lipinski definition) is 2. The lowest BCUT2D eigenvalue weighted by Gasteiger charge is -1.98. The third-order valence-electron chi connectivity index (χ3n) is 1.10. The number of halogens is 2. The van der Waals surface area contributed by atoms with E-state index in [1.807, 2.05) is 0 Å². The maximum absolute atomic E-state index is 12.6. The molecule has 0 aliphatic carbocycles. The van der Waals surface area contributed by atoms with E-state index < -0.39 is 5.95 Å². The molecule has 0 atom stereocenters. The summed E-state index contributed by atoms with van der Waals surface area (Å²) in [5, 5.41) is 7.17. The number of nitrogens with two attached hydrogens (primary N) is 1. The van der Waals surface area contributed by atoms with Crippen LogP contribution in [0.2, 0.25) is 5.02 Å². The SMILES string of the molecule is N=C(N)c1cc(Cl)cnc1F. The van der Waals surface area contributed by atoms with Crippen molar-refractivity contribution in [3.63, 3.8) is 0 Å². The zero-order chi connectivity index (χ0) is 8.43. The van der Waals surface area contributed by atoms with Gasteiger partial charge in [0.25, 0.3) is 0 Å². The summed E-state index contributed by atoms with van der Waals surface area (Å²) in [6.07, 6.45) is 1.16. The Kier molecular flexibility index (Phi) is 2.05. The fourth-order valence-electron chi connectivity index (χ4n) is 0.611. The number of aromatic nitrogens is 1. The molecular formula is C6H5ClFN3. The molecule has 0 amide bonds. The second-order valence-corrected chi connectivity index (χ2v) is 2.34. The lowest BCUT2D eigenvalue weighted by Crippen LogP contribution is -2.13. The zero-order valence-corrected chi connectivity index (χ0v) is 6.19. The van der Waals surface area contributed by atoms with E-state index in [-0.39, 0.29) is 16.4 Å². The molecule has 1 heterocycles. The van der Waals surface area contributed by atoms with Crippen LogP contribution in [0.5, 0.6) is 0 Å². The maximum Gasteiger partial charge on any atom is 0.223 e. The molecule has 0 unspecified atom stereocenters. The summed E-state index contributed by atoms with van der Waals surface area (Å²) in [6, 6.07) is 1.26. The van der Waals surface area contributed by atoms with Gasteiger partial charge in [-0.25, -0.2) is 4.98 Å². The van der Waals surface area contributed by atoms with Gasteiger partial charge >= 0.3 is 0 Å². The van der Waals surface area contributed by atoms with Crippen molar-refractivity contribution in [1.29, 1.82) is 5.41 Å². The molecule has 3 nitrogen and oxygen atoms in total. The second kappa shape index (κ2) is 2.84. The smallest absolute Gasteiger partial charge is 0.223 e. The molecule has 0 aromatic carbocycles. The summed E-state index contributed by atoms with van der Waals surface area (Å²) in [5.41, 5.74) is 4.96. The van der Waals surface area contributed by atoms with Gasteiger partial charge in [0.1, 0.15) is 5.84 Å². The van der Waals surface area contributed by atoms with Crippen LogP contribution in [0, 0.1) is 11.4 Å².